The summed E-state index contributed by atoms with van der Waals surface area (Å²) >= 11 is 0. The SMILES string of the molecule is CCC1COC2(CCN(C(=O)Cc3ccncc3)CC2)C1. The minimum absolute atomic E-state index is 0.0636. The van der Waals surface area contributed by atoms with Crippen molar-refractivity contribution in [3.63, 3.8) is 0 Å². The Kier molecular flexibility index (Phi) is 4.24. The van der Waals surface area contributed by atoms with Crippen LogP contribution in [0.2, 0.25) is 0 Å². The van der Waals surface area contributed by atoms with Gasteiger partial charge in [0.25, 0.3) is 0 Å². The van der Waals surface area contributed by atoms with Gasteiger partial charge in [0.15, 0.2) is 0 Å². The van der Waals surface area contributed by atoms with Gasteiger partial charge in [-0.15, -0.1) is 0 Å². The number of hydrogen-bond acceptors (Lipinski definition) is 3. The molecule has 0 saturated carbocycles. The first-order chi connectivity index (χ1) is 10.2. The zero-order valence-corrected chi connectivity index (χ0v) is 12.8. The lowest BCUT2D eigenvalue weighted by atomic mass is 9.84. The fraction of sp³-hybridized carbons (Fsp3) is 0.647. The van der Waals surface area contributed by atoms with Crippen LogP contribution in [0.15, 0.2) is 24.5 Å². The van der Waals surface area contributed by atoms with E-state index >= 15 is 0 Å². The Morgan fingerprint density at radius 3 is 2.71 bits per heavy atom. The van der Waals surface area contributed by atoms with E-state index in [0.717, 1.165) is 38.1 Å². The summed E-state index contributed by atoms with van der Waals surface area (Å²) in [5, 5.41) is 0. The van der Waals surface area contributed by atoms with Crippen molar-refractivity contribution < 1.29 is 9.53 Å². The smallest absolute Gasteiger partial charge is 0.226 e. The first-order valence-corrected chi connectivity index (χ1v) is 8.01. The standard InChI is InChI=1S/C17H24N2O2/c1-2-14-12-17(21-13-14)5-9-19(10-6-17)16(20)11-15-3-7-18-8-4-15/h3-4,7-8,14H,2,5-6,9-13H2,1H3. The summed E-state index contributed by atoms with van der Waals surface area (Å²) in [6.07, 6.45) is 8.32. The van der Waals surface area contributed by atoms with Gasteiger partial charge in [-0.1, -0.05) is 13.3 Å². The summed E-state index contributed by atoms with van der Waals surface area (Å²) in [4.78, 5) is 18.3. The molecular weight excluding hydrogens is 264 g/mol. The first-order valence-electron chi connectivity index (χ1n) is 8.01. The highest BCUT2D eigenvalue weighted by Crippen LogP contribution is 2.39. The Morgan fingerprint density at radius 1 is 1.38 bits per heavy atom. The molecule has 21 heavy (non-hydrogen) atoms. The van der Waals surface area contributed by atoms with Gasteiger partial charge in [0.1, 0.15) is 0 Å². The molecule has 2 aliphatic rings. The van der Waals surface area contributed by atoms with Gasteiger partial charge in [0.05, 0.1) is 18.6 Å². The number of nitrogens with zero attached hydrogens (tertiary/aromatic N) is 2. The number of aromatic nitrogens is 1. The monoisotopic (exact) mass is 288 g/mol. The quantitative estimate of drug-likeness (QED) is 0.858. The normalized spacial score (nSPS) is 24.4. The van der Waals surface area contributed by atoms with E-state index in [1.165, 1.54) is 12.8 Å². The molecule has 2 aliphatic heterocycles. The summed E-state index contributed by atoms with van der Waals surface area (Å²) in [6.45, 7) is 4.81. The van der Waals surface area contributed by atoms with Crippen molar-refractivity contribution >= 4 is 5.91 Å². The Morgan fingerprint density at radius 2 is 2.10 bits per heavy atom. The highest BCUT2D eigenvalue weighted by atomic mass is 16.5. The lowest BCUT2D eigenvalue weighted by Crippen LogP contribution is -2.46. The van der Waals surface area contributed by atoms with Crippen molar-refractivity contribution in [1.29, 1.82) is 0 Å². The van der Waals surface area contributed by atoms with Crippen LogP contribution in [0.1, 0.15) is 38.2 Å². The second-order valence-electron chi connectivity index (χ2n) is 6.39. The van der Waals surface area contributed by atoms with E-state index in [1.807, 2.05) is 17.0 Å². The molecule has 1 atom stereocenters. The molecule has 2 fully saturated rings. The molecule has 0 radical (unpaired) electrons. The van der Waals surface area contributed by atoms with Crippen LogP contribution in [0.3, 0.4) is 0 Å². The molecular formula is C17H24N2O2. The Bertz CT molecular complexity index is 481. The number of hydrogen-bond donors (Lipinski definition) is 0. The van der Waals surface area contributed by atoms with E-state index in [2.05, 4.69) is 11.9 Å². The average molecular weight is 288 g/mol. The van der Waals surface area contributed by atoms with Crippen LogP contribution in [0, 0.1) is 5.92 Å². The highest BCUT2D eigenvalue weighted by Gasteiger charge is 2.42. The molecule has 1 aromatic rings. The molecule has 0 bridgehead atoms. The number of ether oxygens (including phenoxy) is 1. The van der Waals surface area contributed by atoms with Gasteiger partial charge < -0.3 is 9.64 Å². The topological polar surface area (TPSA) is 42.4 Å². The predicted octanol–water partition coefficient (Wildman–Crippen LogP) is 2.43. The van der Waals surface area contributed by atoms with Crippen molar-refractivity contribution in [3.05, 3.63) is 30.1 Å². The highest BCUT2D eigenvalue weighted by molar-refractivity contribution is 5.78. The molecule has 0 aliphatic carbocycles. The molecule has 0 N–H and O–H groups in total. The van der Waals surface area contributed by atoms with Crippen LogP contribution in [-0.2, 0) is 16.0 Å². The second kappa shape index (κ2) is 6.14. The Hall–Kier alpha value is -1.42. The maximum atomic E-state index is 12.4. The van der Waals surface area contributed by atoms with E-state index in [1.54, 1.807) is 12.4 Å². The van der Waals surface area contributed by atoms with Gasteiger partial charge in [-0.3, -0.25) is 9.78 Å². The van der Waals surface area contributed by atoms with Gasteiger partial charge in [0.2, 0.25) is 5.91 Å². The fourth-order valence-electron chi connectivity index (χ4n) is 3.50. The molecule has 0 aromatic carbocycles. The summed E-state index contributed by atoms with van der Waals surface area (Å²) in [6, 6.07) is 3.82. The zero-order valence-electron chi connectivity index (χ0n) is 12.8. The molecule has 3 rings (SSSR count). The van der Waals surface area contributed by atoms with Gasteiger partial charge in [-0.05, 0) is 42.9 Å². The maximum absolute atomic E-state index is 12.4. The molecule has 1 aromatic heterocycles. The molecule has 4 heteroatoms. The first kappa shape index (κ1) is 14.5. The largest absolute Gasteiger partial charge is 0.375 e. The van der Waals surface area contributed by atoms with Crippen LogP contribution in [0.25, 0.3) is 0 Å². The van der Waals surface area contributed by atoms with Crippen molar-refractivity contribution in [2.24, 2.45) is 5.92 Å². The van der Waals surface area contributed by atoms with Crippen LogP contribution >= 0.6 is 0 Å². The third-order valence-corrected chi connectivity index (χ3v) is 5.00. The number of carbonyl (C=O) groups excluding carboxylic acids is 1. The maximum Gasteiger partial charge on any atom is 0.226 e. The summed E-state index contributed by atoms with van der Waals surface area (Å²) in [7, 11) is 0. The fourth-order valence-corrected chi connectivity index (χ4v) is 3.50. The molecule has 114 valence electrons. The number of amides is 1. The van der Waals surface area contributed by atoms with E-state index in [-0.39, 0.29) is 11.5 Å². The minimum Gasteiger partial charge on any atom is -0.375 e. The van der Waals surface area contributed by atoms with Gasteiger partial charge in [-0.25, -0.2) is 0 Å². The van der Waals surface area contributed by atoms with Crippen LogP contribution in [-0.4, -0.2) is 41.1 Å². The lowest BCUT2D eigenvalue weighted by Gasteiger charge is -2.38. The van der Waals surface area contributed by atoms with Crippen LogP contribution in [0.5, 0.6) is 0 Å². The molecule has 3 heterocycles. The third-order valence-electron chi connectivity index (χ3n) is 5.00. The molecule has 1 spiro atoms. The average Bonchev–Trinajstić information content (AvgIpc) is 2.92. The van der Waals surface area contributed by atoms with Crippen molar-refractivity contribution in [2.45, 2.75) is 44.6 Å². The second-order valence-corrected chi connectivity index (χ2v) is 6.39. The number of carbonyl (C=O) groups is 1. The summed E-state index contributed by atoms with van der Waals surface area (Å²) < 4.78 is 6.09. The van der Waals surface area contributed by atoms with Gasteiger partial charge in [0, 0.05) is 25.5 Å². The zero-order chi connectivity index (χ0) is 14.7. The van der Waals surface area contributed by atoms with Crippen molar-refractivity contribution in [3.8, 4) is 0 Å². The molecule has 1 amide bonds. The third kappa shape index (κ3) is 3.26. The van der Waals surface area contributed by atoms with Gasteiger partial charge >= 0.3 is 0 Å². The minimum atomic E-state index is 0.0636. The van der Waals surface area contributed by atoms with Crippen LogP contribution in [0.4, 0.5) is 0 Å². The van der Waals surface area contributed by atoms with E-state index < -0.39 is 0 Å². The summed E-state index contributed by atoms with van der Waals surface area (Å²) in [5.74, 6) is 0.935. The number of pyridine rings is 1. The van der Waals surface area contributed by atoms with Crippen molar-refractivity contribution in [2.75, 3.05) is 19.7 Å². The van der Waals surface area contributed by atoms with Crippen LogP contribution < -0.4 is 0 Å². The molecule has 2 saturated heterocycles. The van der Waals surface area contributed by atoms with Crippen molar-refractivity contribution in [1.82, 2.24) is 9.88 Å². The van der Waals surface area contributed by atoms with E-state index in [9.17, 15) is 4.79 Å². The van der Waals surface area contributed by atoms with E-state index in [4.69, 9.17) is 4.74 Å². The molecule has 1 unspecified atom stereocenters. The predicted molar refractivity (Wildman–Crippen MR) is 80.8 cm³/mol. The Balaban J connectivity index is 1.53. The Labute approximate surface area is 126 Å². The molecule has 4 nitrogen and oxygen atoms in total. The number of piperidine rings is 1. The van der Waals surface area contributed by atoms with E-state index in [0.29, 0.717) is 12.3 Å². The summed E-state index contributed by atoms with van der Waals surface area (Å²) in [5.41, 5.74) is 1.10. The number of likely N-dealkylation sites (tertiary alicyclic amines) is 1. The lowest BCUT2D eigenvalue weighted by molar-refractivity contribution is -0.135. The number of rotatable bonds is 3. The van der Waals surface area contributed by atoms with Gasteiger partial charge in [-0.2, -0.15) is 0 Å².